The van der Waals surface area contributed by atoms with E-state index in [4.69, 9.17) is 16.2 Å². The van der Waals surface area contributed by atoms with Gasteiger partial charge in [0, 0.05) is 23.9 Å². The topological polar surface area (TPSA) is 215 Å². The Morgan fingerprint density at radius 3 is 1.90 bits per heavy atom. The van der Waals surface area contributed by atoms with E-state index in [9.17, 15) is 28.8 Å². The van der Waals surface area contributed by atoms with E-state index in [0.29, 0.717) is 26.1 Å². The Kier molecular flexibility index (Phi) is 10.6. The second-order valence-corrected chi connectivity index (χ2v) is 18.6. The molecule has 14 heteroatoms. The van der Waals surface area contributed by atoms with Crippen molar-refractivity contribution in [3.05, 3.63) is 0 Å². The predicted octanol–water partition coefficient (Wildman–Crippen LogP) is 1.34. The monoisotopic (exact) mass is 703 g/mol. The summed E-state index contributed by atoms with van der Waals surface area (Å²) in [5, 5.41) is 11.5. The molecule has 4 rings (SSSR count). The summed E-state index contributed by atoms with van der Waals surface area (Å²) in [6.07, 6.45) is 3.50. The quantitative estimate of drug-likeness (QED) is 0.163. The number of carbonyl (C=O) groups excluding carboxylic acids is 6. The largest absolute Gasteiger partial charge is 0.380 e. The molecule has 2 spiro atoms. The van der Waals surface area contributed by atoms with E-state index in [1.165, 1.54) is 0 Å². The molecular formula is C36H61N7O7. The van der Waals surface area contributed by atoms with Crippen LogP contribution in [0.2, 0.25) is 0 Å². The zero-order chi connectivity index (χ0) is 37.8. The van der Waals surface area contributed by atoms with Crippen molar-refractivity contribution in [2.24, 2.45) is 44.5 Å². The Hall–Kier alpha value is -3.26. The summed E-state index contributed by atoms with van der Waals surface area (Å²) in [6, 6.07) is -4.18. The summed E-state index contributed by atoms with van der Waals surface area (Å²) in [7, 11) is 0. The Morgan fingerprint density at radius 2 is 1.48 bits per heavy atom. The highest BCUT2D eigenvalue weighted by atomic mass is 16.5. The van der Waals surface area contributed by atoms with Gasteiger partial charge in [0.2, 0.25) is 23.5 Å². The smallest absolute Gasteiger partial charge is 0.315 e. The molecule has 2 aliphatic heterocycles. The van der Waals surface area contributed by atoms with E-state index in [1.54, 1.807) is 18.7 Å². The van der Waals surface area contributed by atoms with Crippen LogP contribution in [0.15, 0.2) is 0 Å². The number of urea groups is 1. The molecule has 50 heavy (non-hydrogen) atoms. The van der Waals surface area contributed by atoms with Gasteiger partial charge in [0.25, 0.3) is 5.91 Å². The van der Waals surface area contributed by atoms with Crippen molar-refractivity contribution in [1.29, 1.82) is 0 Å². The third-order valence-electron chi connectivity index (χ3n) is 12.3. The number of ether oxygens (including phenoxy) is 1. The zero-order valence-corrected chi connectivity index (χ0v) is 31.7. The molecule has 3 unspecified atom stereocenters. The number of hydrogen-bond donors (Lipinski definition) is 6. The van der Waals surface area contributed by atoms with Crippen LogP contribution >= 0.6 is 0 Å². The molecule has 2 aliphatic carbocycles. The van der Waals surface area contributed by atoms with Gasteiger partial charge < -0.3 is 42.4 Å². The van der Waals surface area contributed by atoms with Gasteiger partial charge >= 0.3 is 6.03 Å². The number of fused-ring (bicyclic) bond motifs is 1. The van der Waals surface area contributed by atoms with Crippen molar-refractivity contribution in [2.45, 2.75) is 131 Å². The number of nitrogens with one attached hydrogen (secondary N) is 4. The van der Waals surface area contributed by atoms with Gasteiger partial charge in [-0.05, 0) is 48.9 Å². The van der Waals surface area contributed by atoms with Crippen LogP contribution in [0.25, 0.3) is 0 Å². The third kappa shape index (κ3) is 7.24. The molecule has 0 radical (unpaired) electrons. The molecule has 0 bridgehead atoms. The van der Waals surface area contributed by atoms with E-state index >= 15 is 0 Å². The predicted molar refractivity (Wildman–Crippen MR) is 187 cm³/mol. The number of hydrogen-bond acceptors (Lipinski definition) is 8. The van der Waals surface area contributed by atoms with Gasteiger partial charge in [0.05, 0.1) is 30.8 Å². The zero-order valence-electron chi connectivity index (χ0n) is 31.7. The molecule has 2 heterocycles. The van der Waals surface area contributed by atoms with E-state index in [2.05, 4.69) is 35.1 Å². The number of nitrogens with zero attached hydrogens (tertiary/aromatic N) is 1. The Morgan fingerprint density at radius 1 is 0.880 bits per heavy atom. The summed E-state index contributed by atoms with van der Waals surface area (Å²) in [4.78, 5) is 81.4. The van der Waals surface area contributed by atoms with Crippen molar-refractivity contribution in [2.75, 3.05) is 26.3 Å². The maximum absolute atomic E-state index is 14.7. The summed E-state index contributed by atoms with van der Waals surface area (Å²) in [6.45, 7) is 20.2. The molecular weight excluding hydrogens is 642 g/mol. The molecule has 2 saturated heterocycles. The minimum absolute atomic E-state index is 0.118. The van der Waals surface area contributed by atoms with E-state index in [1.807, 2.05) is 41.5 Å². The number of carbonyl (C=O) groups is 6. The molecule has 0 aromatic rings. The first kappa shape index (κ1) is 39.5. The average Bonchev–Trinajstić information content (AvgIpc) is 3.16. The maximum atomic E-state index is 14.7. The number of primary amides is 1. The van der Waals surface area contributed by atoms with Crippen molar-refractivity contribution < 1.29 is 33.5 Å². The van der Waals surface area contributed by atoms with E-state index in [-0.39, 0.29) is 35.7 Å². The molecule has 14 nitrogen and oxygen atoms in total. The van der Waals surface area contributed by atoms with Gasteiger partial charge in [-0.3, -0.25) is 24.0 Å². The molecule has 5 atom stereocenters. The number of ketones is 1. The van der Waals surface area contributed by atoms with Crippen molar-refractivity contribution in [3.8, 4) is 0 Å². The molecule has 0 aromatic carbocycles. The number of Topliss-reactive ketones (excluding diaryl/α,β-unsaturated/α-hetero) is 1. The lowest BCUT2D eigenvalue weighted by atomic mass is 9.80. The lowest BCUT2D eigenvalue weighted by Crippen LogP contribution is -2.62. The summed E-state index contributed by atoms with van der Waals surface area (Å²) in [5.74, 6) is -3.07. The minimum Gasteiger partial charge on any atom is -0.380 e. The number of rotatable bonds is 12. The molecule has 6 amide bonds. The first-order valence-electron chi connectivity index (χ1n) is 18.0. The van der Waals surface area contributed by atoms with Gasteiger partial charge in [-0.25, -0.2) is 4.79 Å². The first-order chi connectivity index (χ1) is 22.8. The fourth-order valence-corrected chi connectivity index (χ4v) is 8.25. The first-order valence-corrected chi connectivity index (χ1v) is 18.0. The van der Waals surface area contributed by atoms with Crippen LogP contribution < -0.4 is 32.7 Å². The Labute approximate surface area is 296 Å². The Bertz CT molecular complexity index is 1380. The summed E-state index contributed by atoms with van der Waals surface area (Å²) in [5.41, 5.74) is 8.14. The normalized spacial score (nSPS) is 25.8. The van der Waals surface area contributed by atoms with Gasteiger partial charge in [-0.15, -0.1) is 0 Å². The van der Waals surface area contributed by atoms with Crippen molar-refractivity contribution >= 4 is 35.4 Å². The highest BCUT2D eigenvalue weighted by molar-refractivity contribution is 6.37. The van der Waals surface area contributed by atoms with Gasteiger partial charge in [0.1, 0.15) is 12.1 Å². The third-order valence-corrected chi connectivity index (χ3v) is 12.3. The average molecular weight is 704 g/mol. The lowest BCUT2D eigenvalue weighted by molar-refractivity contribution is -0.143. The molecule has 0 aromatic heterocycles. The highest BCUT2D eigenvalue weighted by Crippen LogP contribution is 2.84. The molecule has 4 fully saturated rings. The van der Waals surface area contributed by atoms with Crippen molar-refractivity contribution in [3.63, 3.8) is 0 Å². The SMILES string of the molecule is CC(C)(N)C(=O)NCC(NC(=O)N[C@H](C(=O)N1CC2(C[C@H]1C(=O)NC(CC1CCC1)C(=O)C(N)=O)C(C)(C)C21COC1)C(C)(C)C)C(C)(C)C. The van der Waals surface area contributed by atoms with Crippen LogP contribution in [-0.4, -0.2) is 96.4 Å². The van der Waals surface area contributed by atoms with Crippen LogP contribution in [-0.2, 0) is 28.7 Å². The van der Waals surface area contributed by atoms with Crippen LogP contribution in [0.1, 0.15) is 101 Å². The highest BCUT2D eigenvalue weighted by Gasteiger charge is 2.86. The van der Waals surface area contributed by atoms with Crippen LogP contribution in [0.4, 0.5) is 4.79 Å². The van der Waals surface area contributed by atoms with E-state index < -0.39 is 75.5 Å². The summed E-state index contributed by atoms with van der Waals surface area (Å²) >= 11 is 0. The van der Waals surface area contributed by atoms with Gasteiger partial charge in [0.15, 0.2) is 0 Å². The van der Waals surface area contributed by atoms with Gasteiger partial charge in [-0.1, -0.05) is 74.7 Å². The maximum Gasteiger partial charge on any atom is 0.315 e. The van der Waals surface area contributed by atoms with Crippen molar-refractivity contribution in [1.82, 2.24) is 26.2 Å². The summed E-state index contributed by atoms with van der Waals surface area (Å²) < 4.78 is 5.67. The lowest BCUT2D eigenvalue weighted by Gasteiger charge is -2.37. The second kappa shape index (κ2) is 13.4. The standard InChI is InChI=1S/C36H61N7O7/c1-31(2,3)23(16-39-29(48)33(7,8)38)41-30(49)42-25(32(4,5)6)28(47)43-17-35(34(9,10)36(35)18-50-19-36)15-22(43)27(46)40-21(24(44)26(37)45)14-20-12-11-13-20/h20-23,25H,11-19,38H2,1-10H3,(H2,37,45)(H,39,48)(H,40,46)(H2,41,42,49)/t21?,22-,23?,25+,35?/m0/s1. The van der Waals surface area contributed by atoms with E-state index in [0.717, 1.165) is 19.3 Å². The fraction of sp³-hybridized carbons (Fsp3) is 0.833. The minimum atomic E-state index is -1.11. The number of likely N-dealkylation sites (tertiary alicyclic amines) is 1. The fourth-order valence-electron chi connectivity index (χ4n) is 8.25. The number of nitrogens with two attached hydrogens (primary N) is 2. The molecule has 8 N–H and O–H groups in total. The van der Waals surface area contributed by atoms with Crippen LogP contribution in [0.5, 0.6) is 0 Å². The Balaban J connectivity index is 1.59. The molecule has 282 valence electrons. The molecule has 4 aliphatic rings. The second-order valence-electron chi connectivity index (χ2n) is 18.6. The number of amides is 6. The van der Waals surface area contributed by atoms with Crippen LogP contribution in [0.3, 0.4) is 0 Å². The molecule has 2 saturated carbocycles. The van der Waals surface area contributed by atoms with Crippen LogP contribution in [0, 0.1) is 33.0 Å². The van der Waals surface area contributed by atoms with Gasteiger partial charge in [-0.2, -0.15) is 0 Å².